The van der Waals surface area contributed by atoms with Crippen LogP contribution in [0.25, 0.3) is 0 Å². The Labute approximate surface area is 109 Å². The molecule has 0 N–H and O–H groups in total. The largest absolute Gasteiger partial charge is 0.492 e. The number of hydrogen-bond acceptors (Lipinski definition) is 3. The SMILES string of the molecule is CCN(CCOc1ccc(C#N)cc1)CC1CC1. The summed E-state index contributed by atoms with van der Waals surface area (Å²) in [5.74, 6) is 1.77. The quantitative estimate of drug-likeness (QED) is 0.740. The highest BCUT2D eigenvalue weighted by atomic mass is 16.5. The third-order valence-electron chi connectivity index (χ3n) is 3.32. The smallest absolute Gasteiger partial charge is 0.119 e. The van der Waals surface area contributed by atoms with Crippen molar-refractivity contribution in [3.8, 4) is 11.8 Å². The van der Waals surface area contributed by atoms with Gasteiger partial charge in [-0.3, -0.25) is 4.90 Å². The predicted molar refractivity (Wildman–Crippen MR) is 71.5 cm³/mol. The molecule has 0 radical (unpaired) electrons. The molecule has 0 saturated heterocycles. The molecule has 1 aromatic rings. The summed E-state index contributed by atoms with van der Waals surface area (Å²) in [6.45, 7) is 6.20. The second kappa shape index (κ2) is 6.42. The van der Waals surface area contributed by atoms with Gasteiger partial charge >= 0.3 is 0 Å². The zero-order chi connectivity index (χ0) is 12.8. The van der Waals surface area contributed by atoms with Crippen molar-refractivity contribution < 1.29 is 4.74 Å². The van der Waals surface area contributed by atoms with Crippen molar-refractivity contribution in [2.75, 3.05) is 26.2 Å². The maximum atomic E-state index is 8.70. The third-order valence-corrected chi connectivity index (χ3v) is 3.32. The van der Waals surface area contributed by atoms with Crippen molar-refractivity contribution >= 4 is 0 Å². The summed E-state index contributed by atoms with van der Waals surface area (Å²) < 4.78 is 5.69. The highest BCUT2D eigenvalue weighted by molar-refractivity contribution is 5.34. The second-order valence-electron chi connectivity index (χ2n) is 4.82. The van der Waals surface area contributed by atoms with Crippen molar-refractivity contribution in [2.24, 2.45) is 5.92 Å². The number of rotatable bonds is 7. The summed E-state index contributed by atoms with van der Waals surface area (Å²) in [5.41, 5.74) is 0.672. The minimum absolute atomic E-state index is 0.672. The van der Waals surface area contributed by atoms with E-state index in [0.29, 0.717) is 12.2 Å². The van der Waals surface area contributed by atoms with Crippen molar-refractivity contribution in [3.63, 3.8) is 0 Å². The Kier molecular flexibility index (Phi) is 4.60. The molecular formula is C15H20N2O. The Morgan fingerprint density at radius 3 is 2.61 bits per heavy atom. The van der Waals surface area contributed by atoms with E-state index in [1.807, 2.05) is 12.1 Å². The zero-order valence-electron chi connectivity index (χ0n) is 10.9. The van der Waals surface area contributed by atoms with Crippen molar-refractivity contribution in [2.45, 2.75) is 19.8 Å². The molecule has 0 aliphatic heterocycles. The fourth-order valence-corrected chi connectivity index (χ4v) is 1.96. The molecule has 0 unspecified atom stereocenters. The monoisotopic (exact) mass is 244 g/mol. The molecule has 1 aliphatic carbocycles. The van der Waals surface area contributed by atoms with E-state index in [1.54, 1.807) is 12.1 Å². The number of ether oxygens (including phenoxy) is 1. The predicted octanol–water partition coefficient (Wildman–Crippen LogP) is 2.67. The normalized spacial score (nSPS) is 14.5. The molecule has 3 heteroatoms. The van der Waals surface area contributed by atoms with Gasteiger partial charge < -0.3 is 4.74 Å². The Balaban J connectivity index is 1.71. The fraction of sp³-hybridized carbons (Fsp3) is 0.533. The molecule has 1 saturated carbocycles. The minimum atomic E-state index is 0.672. The van der Waals surface area contributed by atoms with Crippen LogP contribution in [0.4, 0.5) is 0 Å². The molecule has 0 spiro atoms. The standard InChI is InChI=1S/C15H20N2O/c1-2-17(12-14-3-4-14)9-10-18-15-7-5-13(11-16)6-8-15/h5-8,14H,2-4,9-10,12H2,1H3. The Morgan fingerprint density at radius 1 is 1.33 bits per heavy atom. The molecule has 2 rings (SSSR count). The van der Waals surface area contributed by atoms with Crippen LogP contribution in [0.2, 0.25) is 0 Å². The van der Waals surface area contributed by atoms with Gasteiger partial charge in [-0.25, -0.2) is 0 Å². The maximum absolute atomic E-state index is 8.70. The van der Waals surface area contributed by atoms with Gasteiger partial charge in [-0.05, 0) is 49.6 Å². The fourth-order valence-electron chi connectivity index (χ4n) is 1.96. The van der Waals surface area contributed by atoms with Crippen LogP contribution in [-0.2, 0) is 0 Å². The Hall–Kier alpha value is -1.53. The number of nitrogens with zero attached hydrogens (tertiary/aromatic N) is 2. The van der Waals surface area contributed by atoms with E-state index in [4.69, 9.17) is 10.00 Å². The van der Waals surface area contributed by atoms with Crippen molar-refractivity contribution in [1.82, 2.24) is 4.90 Å². The molecule has 1 fully saturated rings. The van der Waals surface area contributed by atoms with Gasteiger partial charge in [0.05, 0.1) is 11.6 Å². The molecule has 0 atom stereocenters. The topological polar surface area (TPSA) is 36.3 Å². The van der Waals surface area contributed by atoms with E-state index in [9.17, 15) is 0 Å². The van der Waals surface area contributed by atoms with Gasteiger partial charge in [0.2, 0.25) is 0 Å². The molecule has 1 aromatic carbocycles. The molecule has 0 amide bonds. The molecule has 0 heterocycles. The summed E-state index contributed by atoms with van der Waals surface area (Å²) in [5, 5.41) is 8.70. The van der Waals surface area contributed by atoms with Crippen LogP contribution in [0.1, 0.15) is 25.3 Å². The van der Waals surface area contributed by atoms with Gasteiger partial charge in [0.1, 0.15) is 12.4 Å². The average Bonchev–Trinajstić information content (AvgIpc) is 3.22. The van der Waals surface area contributed by atoms with E-state index in [1.165, 1.54) is 19.4 Å². The number of hydrogen-bond donors (Lipinski definition) is 0. The first-order chi connectivity index (χ1) is 8.81. The molecular weight excluding hydrogens is 224 g/mol. The lowest BCUT2D eigenvalue weighted by molar-refractivity contribution is 0.210. The van der Waals surface area contributed by atoms with E-state index in [-0.39, 0.29) is 0 Å². The van der Waals surface area contributed by atoms with Gasteiger partial charge in [-0.1, -0.05) is 6.92 Å². The number of likely N-dealkylation sites (N-methyl/N-ethyl adjacent to an activating group) is 1. The van der Waals surface area contributed by atoms with E-state index >= 15 is 0 Å². The summed E-state index contributed by atoms with van der Waals surface area (Å²) in [7, 11) is 0. The summed E-state index contributed by atoms with van der Waals surface area (Å²) in [6, 6.07) is 9.39. The second-order valence-corrected chi connectivity index (χ2v) is 4.82. The molecule has 0 bridgehead atoms. The summed E-state index contributed by atoms with van der Waals surface area (Å²) >= 11 is 0. The molecule has 3 nitrogen and oxygen atoms in total. The first-order valence-electron chi connectivity index (χ1n) is 6.67. The van der Waals surface area contributed by atoms with Gasteiger partial charge in [0.15, 0.2) is 0 Å². The third kappa shape index (κ3) is 4.05. The van der Waals surface area contributed by atoms with Gasteiger partial charge in [-0.15, -0.1) is 0 Å². The van der Waals surface area contributed by atoms with E-state index < -0.39 is 0 Å². The van der Waals surface area contributed by atoms with E-state index in [2.05, 4.69) is 17.9 Å². The highest BCUT2D eigenvalue weighted by Crippen LogP contribution is 2.29. The zero-order valence-corrected chi connectivity index (χ0v) is 10.9. The van der Waals surface area contributed by atoms with E-state index in [0.717, 1.165) is 24.8 Å². The van der Waals surface area contributed by atoms with Crippen LogP contribution < -0.4 is 4.74 Å². The van der Waals surface area contributed by atoms with Crippen molar-refractivity contribution in [3.05, 3.63) is 29.8 Å². The minimum Gasteiger partial charge on any atom is -0.492 e. The van der Waals surface area contributed by atoms with Crippen LogP contribution in [0.3, 0.4) is 0 Å². The Morgan fingerprint density at radius 2 is 2.06 bits per heavy atom. The van der Waals surface area contributed by atoms with Crippen LogP contribution in [0, 0.1) is 17.2 Å². The maximum Gasteiger partial charge on any atom is 0.119 e. The summed E-state index contributed by atoms with van der Waals surface area (Å²) in [6.07, 6.45) is 2.79. The number of benzene rings is 1. The molecule has 0 aromatic heterocycles. The number of nitriles is 1. The molecule has 18 heavy (non-hydrogen) atoms. The molecule has 96 valence electrons. The lowest BCUT2D eigenvalue weighted by Gasteiger charge is -2.20. The Bertz CT molecular complexity index is 403. The highest BCUT2D eigenvalue weighted by Gasteiger charge is 2.23. The first-order valence-corrected chi connectivity index (χ1v) is 6.67. The van der Waals surface area contributed by atoms with Crippen LogP contribution in [0.15, 0.2) is 24.3 Å². The average molecular weight is 244 g/mol. The van der Waals surface area contributed by atoms with Crippen LogP contribution >= 0.6 is 0 Å². The van der Waals surface area contributed by atoms with Gasteiger partial charge in [-0.2, -0.15) is 5.26 Å². The summed E-state index contributed by atoms with van der Waals surface area (Å²) in [4.78, 5) is 2.45. The lowest BCUT2D eigenvalue weighted by Crippen LogP contribution is -2.30. The van der Waals surface area contributed by atoms with Crippen molar-refractivity contribution in [1.29, 1.82) is 5.26 Å². The van der Waals surface area contributed by atoms with Crippen LogP contribution in [-0.4, -0.2) is 31.1 Å². The lowest BCUT2D eigenvalue weighted by atomic mass is 10.2. The first kappa shape index (κ1) is 12.9. The van der Waals surface area contributed by atoms with Crippen LogP contribution in [0.5, 0.6) is 5.75 Å². The van der Waals surface area contributed by atoms with Gasteiger partial charge in [0.25, 0.3) is 0 Å². The van der Waals surface area contributed by atoms with Gasteiger partial charge in [0, 0.05) is 13.1 Å². The molecule has 1 aliphatic rings.